The number of aryl methyl sites for hydroxylation is 1. The Labute approximate surface area is 86.5 Å². The van der Waals surface area contributed by atoms with Crippen LogP contribution < -0.4 is 5.32 Å². The van der Waals surface area contributed by atoms with Crippen LogP contribution >= 0.6 is 0 Å². The van der Waals surface area contributed by atoms with Gasteiger partial charge in [0.2, 0.25) is 5.89 Å². The van der Waals surface area contributed by atoms with Gasteiger partial charge in [0.25, 0.3) is 0 Å². The number of rotatable bonds is 5. The van der Waals surface area contributed by atoms with Crippen molar-refractivity contribution in [2.45, 2.75) is 20.0 Å². The lowest BCUT2D eigenvalue weighted by atomic mass is 10.5. The van der Waals surface area contributed by atoms with Crippen LogP contribution in [0, 0.1) is 6.92 Å². The van der Waals surface area contributed by atoms with Crippen LogP contribution in [0.15, 0.2) is 16.9 Å². The van der Waals surface area contributed by atoms with Crippen LogP contribution in [0.4, 0.5) is 0 Å². The lowest BCUT2D eigenvalue weighted by Crippen LogP contribution is -2.20. The van der Waals surface area contributed by atoms with Crippen molar-refractivity contribution in [3.63, 3.8) is 0 Å². The zero-order valence-corrected chi connectivity index (χ0v) is 8.42. The molecule has 1 N–H and O–H groups in total. The van der Waals surface area contributed by atoms with Crippen molar-refractivity contribution in [2.24, 2.45) is 0 Å². The molecule has 7 nitrogen and oxygen atoms in total. The molecule has 15 heavy (non-hydrogen) atoms. The van der Waals surface area contributed by atoms with Gasteiger partial charge < -0.3 is 9.84 Å². The van der Waals surface area contributed by atoms with Gasteiger partial charge in [-0.25, -0.2) is 0 Å². The van der Waals surface area contributed by atoms with Crippen LogP contribution in [-0.2, 0) is 13.1 Å². The van der Waals surface area contributed by atoms with Gasteiger partial charge in [-0.1, -0.05) is 10.4 Å². The summed E-state index contributed by atoms with van der Waals surface area (Å²) < 4.78 is 6.60. The topological polar surface area (TPSA) is 81.7 Å². The van der Waals surface area contributed by atoms with Gasteiger partial charge in [0.05, 0.1) is 19.3 Å². The van der Waals surface area contributed by atoms with E-state index < -0.39 is 0 Å². The SMILES string of the molecule is Cc1nc(CNCCn2ccnn2)no1. The molecule has 0 fully saturated rings. The summed E-state index contributed by atoms with van der Waals surface area (Å²) in [4.78, 5) is 4.07. The monoisotopic (exact) mass is 208 g/mol. The summed E-state index contributed by atoms with van der Waals surface area (Å²) in [6.07, 6.45) is 3.47. The maximum absolute atomic E-state index is 4.84. The zero-order valence-electron chi connectivity index (χ0n) is 8.42. The normalized spacial score (nSPS) is 10.7. The van der Waals surface area contributed by atoms with Crippen molar-refractivity contribution in [3.05, 3.63) is 24.1 Å². The van der Waals surface area contributed by atoms with Crippen molar-refractivity contribution >= 4 is 0 Å². The molecule has 0 saturated carbocycles. The fourth-order valence-electron chi connectivity index (χ4n) is 1.16. The first-order valence-electron chi connectivity index (χ1n) is 4.68. The third kappa shape index (κ3) is 2.84. The molecule has 2 heterocycles. The van der Waals surface area contributed by atoms with Crippen molar-refractivity contribution in [1.29, 1.82) is 0 Å². The van der Waals surface area contributed by atoms with Crippen LogP contribution in [0.5, 0.6) is 0 Å². The van der Waals surface area contributed by atoms with Crippen molar-refractivity contribution in [2.75, 3.05) is 6.54 Å². The number of hydrogen-bond donors (Lipinski definition) is 1. The second-order valence-corrected chi connectivity index (χ2v) is 3.07. The highest BCUT2D eigenvalue weighted by molar-refractivity contribution is 4.82. The van der Waals surface area contributed by atoms with E-state index in [1.165, 1.54) is 0 Å². The fourth-order valence-corrected chi connectivity index (χ4v) is 1.16. The van der Waals surface area contributed by atoms with E-state index in [2.05, 4.69) is 25.8 Å². The molecule has 0 atom stereocenters. The molecule has 0 aliphatic carbocycles. The van der Waals surface area contributed by atoms with E-state index in [1.807, 2.05) is 6.20 Å². The van der Waals surface area contributed by atoms with E-state index >= 15 is 0 Å². The second-order valence-electron chi connectivity index (χ2n) is 3.07. The molecule has 2 rings (SSSR count). The van der Waals surface area contributed by atoms with Crippen molar-refractivity contribution in [3.8, 4) is 0 Å². The van der Waals surface area contributed by atoms with Gasteiger partial charge in [-0.2, -0.15) is 4.98 Å². The molecular weight excluding hydrogens is 196 g/mol. The summed E-state index contributed by atoms with van der Waals surface area (Å²) in [5, 5.41) is 14.5. The van der Waals surface area contributed by atoms with Gasteiger partial charge >= 0.3 is 0 Å². The zero-order chi connectivity index (χ0) is 10.5. The second kappa shape index (κ2) is 4.65. The Morgan fingerprint density at radius 1 is 1.53 bits per heavy atom. The van der Waals surface area contributed by atoms with Crippen LogP contribution in [0.25, 0.3) is 0 Å². The summed E-state index contributed by atoms with van der Waals surface area (Å²) in [5.74, 6) is 1.26. The Kier molecular flexibility index (Phi) is 3.03. The van der Waals surface area contributed by atoms with Crippen LogP contribution in [0.3, 0.4) is 0 Å². The average molecular weight is 208 g/mol. The molecule has 80 valence electrons. The van der Waals surface area contributed by atoms with E-state index in [9.17, 15) is 0 Å². The van der Waals surface area contributed by atoms with Gasteiger partial charge in [-0.05, 0) is 0 Å². The highest BCUT2D eigenvalue weighted by Gasteiger charge is 2.00. The van der Waals surface area contributed by atoms with Gasteiger partial charge in [0, 0.05) is 19.7 Å². The first kappa shape index (κ1) is 9.78. The Morgan fingerprint density at radius 3 is 3.13 bits per heavy atom. The molecular formula is C8H12N6O. The fraction of sp³-hybridized carbons (Fsp3) is 0.500. The van der Waals surface area contributed by atoms with E-state index in [1.54, 1.807) is 17.8 Å². The van der Waals surface area contributed by atoms with E-state index in [4.69, 9.17) is 4.52 Å². The lowest BCUT2D eigenvalue weighted by molar-refractivity contribution is 0.385. The first-order chi connectivity index (χ1) is 7.34. The predicted molar refractivity (Wildman–Crippen MR) is 50.8 cm³/mol. The molecule has 0 spiro atoms. The molecule has 0 aliphatic heterocycles. The molecule has 7 heteroatoms. The van der Waals surface area contributed by atoms with Gasteiger partial charge in [-0.15, -0.1) is 5.10 Å². The van der Waals surface area contributed by atoms with Crippen LogP contribution in [-0.4, -0.2) is 31.7 Å². The minimum Gasteiger partial charge on any atom is -0.340 e. The number of aromatic nitrogens is 5. The smallest absolute Gasteiger partial charge is 0.223 e. The average Bonchev–Trinajstić information content (AvgIpc) is 2.84. The number of hydrogen-bond acceptors (Lipinski definition) is 6. The van der Waals surface area contributed by atoms with Crippen molar-refractivity contribution < 1.29 is 4.52 Å². The summed E-state index contributed by atoms with van der Waals surface area (Å²) in [7, 11) is 0. The Bertz CT molecular complexity index is 395. The molecule has 0 bridgehead atoms. The number of nitrogens with one attached hydrogen (secondary N) is 1. The highest BCUT2D eigenvalue weighted by atomic mass is 16.5. The number of nitrogens with zero attached hydrogens (tertiary/aromatic N) is 5. The molecule has 2 aromatic heterocycles. The van der Waals surface area contributed by atoms with E-state index in [-0.39, 0.29) is 0 Å². The molecule has 0 radical (unpaired) electrons. The van der Waals surface area contributed by atoms with Gasteiger partial charge in [-0.3, -0.25) is 4.68 Å². The molecule has 2 aromatic rings. The van der Waals surface area contributed by atoms with Gasteiger partial charge in [0.1, 0.15) is 0 Å². The van der Waals surface area contributed by atoms with E-state index in [0.717, 1.165) is 13.1 Å². The predicted octanol–water partition coefficient (Wildman–Crippen LogP) is -0.241. The minimum absolute atomic E-state index is 0.586. The summed E-state index contributed by atoms with van der Waals surface area (Å²) in [5.41, 5.74) is 0. The van der Waals surface area contributed by atoms with Crippen molar-refractivity contribution in [1.82, 2.24) is 30.5 Å². The maximum atomic E-state index is 4.84. The molecule has 0 aliphatic rings. The Hall–Kier alpha value is -1.76. The minimum atomic E-state index is 0.586. The molecule has 0 saturated heterocycles. The summed E-state index contributed by atoms with van der Waals surface area (Å²) in [6.45, 7) is 3.94. The van der Waals surface area contributed by atoms with Crippen LogP contribution in [0.2, 0.25) is 0 Å². The largest absolute Gasteiger partial charge is 0.340 e. The Balaban J connectivity index is 1.67. The third-order valence-corrected chi connectivity index (χ3v) is 1.84. The lowest BCUT2D eigenvalue weighted by Gasteiger charge is -2.00. The van der Waals surface area contributed by atoms with Gasteiger partial charge in [0.15, 0.2) is 5.82 Å². The molecule has 0 amide bonds. The molecule has 0 aromatic carbocycles. The quantitative estimate of drug-likeness (QED) is 0.683. The van der Waals surface area contributed by atoms with Crippen LogP contribution in [0.1, 0.15) is 11.7 Å². The first-order valence-corrected chi connectivity index (χ1v) is 4.68. The van der Waals surface area contributed by atoms with E-state index in [0.29, 0.717) is 18.3 Å². The maximum Gasteiger partial charge on any atom is 0.223 e. The molecule has 0 unspecified atom stereocenters. The third-order valence-electron chi connectivity index (χ3n) is 1.84. The highest BCUT2D eigenvalue weighted by Crippen LogP contribution is 1.93. The standard InChI is InChI=1S/C8H12N6O/c1-7-11-8(12-15-7)6-9-2-4-14-5-3-10-13-14/h3,5,9H,2,4,6H2,1H3. The Morgan fingerprint density at radius 2 is 2.47 bits per heavy atom. The summed E-state index contributed by atoms with van der Waals surface area (Å²) >= 11 is 0. The summed E-state index contributed by atoms with van der Waals surface area (Å²) in [6, 6.07) is 0.